The number of aryl methyl sites for hydroxylation is 1. The van der Waals surface area contributed by atoms with Crippen LogP contribution < -0.4 is 4.18 Å². The fourth-order valence-electron chi connectivity index (χ4n) is 1.74. The predicted octanol–water partition coefficient (Wildman–Crippen LogP) is 2.41. The number of rotatable bonds is 4. The number of carbonyl (C=O) groups excluding carboxylic acids is 1. The van der Waals surface area contributed by atoms with Crippen molar-refractivity contribution in [3.8, 4) is 5.75 Å². The second kappa shape index (κ2) is 5.44. The van der Waals surface area contributed by atoms with Crippen molar-refractivity contribution in [1.29, 1.82) is 0 Å². The van der Waals surface area contributed by atoms with Gasteiger partial charge in [-0.05, 0) is 24.6 Å². The molecule has 2 rings (SSSR count). The molecular formula is C14H12O5S. The molecule has 0 saturated heterocycles. The smallest absolute Gasteiger partial charge is 0.361 e. The molecule has 20 heavy (non-hydrogen) atoms. The fraction of sp³-hybridized carbons (Fsp3) is 0.0714. The molecule has 0 bridgehead atoms. The average molecular weight is 292 g/mol. The minimum absolute atomic E-state index is 0.0689. The van der Waals surface area contributed by atoms with Gasteiger partial charge in [0.05, 0.1) is 5.56 Å². The van der Waals surface area contributed by atoms with Gasteiger partial charge in [-0.2, -0.15) is 8.42 Å². The zero-order valence-corrected chi connectivity index (χ0v) is 11.4. The van der Waals surface area contributed by atoms with Crippen LogP contribution in [0.25, 0.3) is 0 Å². The Morgan fingerprint density at radius 3 is 2.35 bits per heavy atom. The third-order valence-corrected chi connectivity index (χ3v) is 3.00. The van der Waals surface area contributed by atoms with Crippen LogP contribution in [0.4, 0.5) is 0 Å². The normalized spacial score (nSPS) is 11.1. The summed E-state index contributed by atoms with van der Waals surface area (Å²) >= 11 is 0. The van der Waals surface area contributed by atoms with Gasteiger partial charge in [-0.3, -0.25) is 9.35 Å². The van der Waals surface area contributed by atoms with E-state index in [0.29, 0.717) is 11.1 Å². The van der Waals surface area contributed by atoms with Gasteiger partial charge in [0.2, 0.25) is 0 Å². The molecule has 0 amide bonds. The maximum atomic E-state index is 12.3. The molecule has 0 unspecified atom stereocenters. The number of hydrogen-bond acceptors (Lipinski definition) is 4. The zero-order valence-electron chi connectivity index (χ0n) is 10.6. The van der Waals surface area contributed by atoms with Crippen molar-refractivity contribution in [3.63, 3.8) is 0 Å². The first-order valence-electron chi connectivity index (χ1n) is 5.74. The fourth-order valence-corrected chi connectivity index (χ4v) is 2.11. The standard InChI is InChI=1S/C14H12O5S/c1-10-7-8-12(13(9-10)19-20(16,17)18)14(15)11-5-3-2-4-6-11/h2-9H,1H3,(H,16,17,18). The highest BCUT2D eigenvalue weighted by Crippen LogP contribution is 2.24. The van der Waals surface area contributed by atoms with Crippen LogP contribution in [0.2, 0.25) is 0 Å². The average Bonchev–Trinajstić information content (AvgIpc) is 2.37. The maximum Gasteiger partial charge on any atom is 0.446 e. The molecule has 5 nitrogen and oxygen atoms in total. The summed E-state index contributed by atoms with van der Waals surface area (Å²) < 4.78 is 34.9. The van der Waals surface area contributed by atoms with E-state index in [4.69, 9.17) is 4.55 Å². The summed E-state index contributed by atoms with van der Waals surface area (Å²) in [6.07, 6.45) is 0. The minimum atomic E-state index is -4.68. The summed E-state index contributed by atoms with van der Waals surface area (Å²) in [4.78, 5) is 12.3. The van der Waals surface area contributed by atoms with Gasteiger partial charge in [-0.25, -0.2) is 0 Å². The molecule has 0 fully saturated rings. The minimum Gasteiger partial charge on any atom is -0.361 e. The highest BCUT2D eigenvalue weighted by atomic mass is 32.3. The first-order valence-corrected chi connectivity index (χ1v) is 7.10. The Hall–Kier alpha value is -2.18. The van der Waals surface area contributed by atoms with Gasteiger partial charge < -0.3 is 4.18 Å². The third kappa shape index (κ3) is 3.43. The molecule has 2 aromatic rings. The van der Waals surface area contributed by atoms with Crippen molar-refractivity contribution in [2.45, 2.75) is 6.92 Å². The third-order valence-electron chi connectivity index (χ3n) is 2.61. The molecule has 0 saturated carbocycles. The van der Waals surface area contributed by atoms with Gasteiger partial charge in [-0.1, -0.05) is 36.4 Å². The van der Waals surface area contributed by atoms with Crippen LogP contribution in [0.15, 0.2) is 48.5 Å². The van der Waals surface area contributed by atoms with E-state index < -0.39 is 10.4 Å². The van der Waals surface area contributed by atoms with Crippen LogP contribution in [-0.4, -0.2) is 18.8 Å². The van der Waals surface area contributed by atoms with Gasteiger partial charge in [-0.15, -0.1) is 0 Å². The number of benzene rings is 2. The Morgan fingerprint density at radius 1 is 1.10 bits per heavy atom. The lowest BCUT2D eigenvalue weighted by Crippen LogP contribution is -2.11. The van der Waals surface area contributed by atoms with Crippen LogP contribution in [0.5, 0.6) is 5.75 Å². The van der Waals surface area contributed by atoms with Gasteiger partial charge >= 0.3 is 10.4 Å². The Balaban J connectivity index is 2.49. The van der Waals surface area contributed by atoms with E-state index in [9.17, 15) is 13.2 Å². The van der Waals surface area contributed by atoms with Crippen molar-refractivity contribution in [3.05, 3.63) is 65.2 Å². The molecule has 0 spiro atoms. The quantitative estimate of drug-likeness (QED) is 0.691. The van der Waals surface area contributed by atoms with Gasteiger partial charge in [0.1, 0.15) is 0 Å². The van der Waals surface area contributed by atoms with Crippen molar-refractivity contribution in [2.75, 3.05) is 0 Å². The summed E-state index contributed by atoms with van der Waals surface area (Å²) in [5.74, 6) is -0.578. The Labute approximate surface area is 116 Å². The van der Waals surface area contributed by atoms with Crippen molar-refractivity contribution in [2.24, 2.45) is 0 Å². The largest absolute Gasteiger partial charge is 0.446 e. The van der Waals surface area contributed by atoms with E-state index in [2.05, 4.69) is 4.18 Å². The summed E-state index contributed by atoms with van der Waals surface area (Å²) in [7, 11) is -4.68. The zero-order chi connectivity index (χ0) is 14.8. The number of hydrogen-bond donors (Lipinski definition) is 1. The molecule has 0 heterocycles. The van der Waals surface area contributed by atoms with E-state index in [-0.39, 0.29) is 17.1 Å². The lowest BCUT2D eigenvalue weighted by molar-refractivity contribution is 0.103. The lowest BCUT2D eigenvalue weighted by Gasteiger charge is -2.09. The first-order chi connectivity index (χ1) is 9.37. The van der Waals surface area contributed by atoms with Crippen LogP contribution in [0.3, 0.4) is 0 Å². The van der Waals surface area contributed by atoms with Crippen LogP contribution in [0, 0.1) is 6.92 Å². The molecule has 6 heteroatoms. The monoisotopic (exact) mass is 292 g/mol. The molecule has 0 radical (unpaired) electrons. The van der Waals surface area contributed by atoms with Crippen molar-refractivity contribution < 1.29 is 21.9 Å². The van der Waals surface area contributed by atoms with Crippen molar-refractivity contribution in [1.82, 2.24) is 0 Å². The summed E-state index contributed by atoms with van der Waals surface area (Å²) in [5, 5.41) is 0. The molecule has 1 N–H and O–H groups in total. The van der Waals surface area contributed by atoms with Gasteiger partial charge in [0.25, 0.3) is 0 Å². The van der Waals surface area contributed by atoms with Crippen LogP contribution in [0.1, 0.15) is 21.5 Å². The molecule has 0 aliphatic carbocycles. The predicted molar refractivity (Wildman–Crippen MR) is 73.2 cm³/mol. The Bertz CT molecular complexity index is 735. The molecule has 0 aliphatic rings. The Kier molecular flexibility index (Phi) is 3.87. The molecule has 0 aromatic heterocycles. The van der Waals surface area contributed by atoms with Gasteiger partial charge in [0, 0.05) is 5.56 Å². The maximum absolute atomic E-state index is 12.3. The van der Waals surface area contributed by atoms with E-state index in [0.717, 1.165) is 0 Å². The molecule has 0 atom stereocenters. The Morgan fingerprint density at radius 2 is 1.75 bits per heavy atom. The van der Waals surface area contributed by atoms with E-state index >= 15 is 0 Å². The lowest BCUT2D eigenvalue weighted by atomic mass is 10.0. The highest BCUT2D eigenvalue weighted by Gasteiger charge is 2.18. The van der Waals surface area contributed by atoms with Gasteiger partial charge in [0.15, 0.2) is 11.5 Å². The number of ketones is 1. The van der Waals surface area contributed by atoms with E-state index in [1.165, 1.54) is 12.1 Å². The second-order valence-corrected chi connectivity index (χ2v) is 5.23. The molecular weight excluding hydrogens is 280 g/mol. The molecule has 0 aliphatic heterocycles. The molecule has 104 valence electrons. The summed E-state index contributed by atoms with van der Waals surface area (Å²) in [5.41, 5.74) is 1.17. The van der Waals surface area contributed by atoms with Crippen LogP contribution >= 0.6 is 0 Å². The van der Waals surface area contributed by atoms with Crippen molar-refractivity contribution >= 4 is 16.2 Å². The number of carbonyl (C=O) groups is 1. The van der Waals surface area contributed by atoms with E-state index in [1.807, 2.05) is 0 Å². The summed E-state index contributed by atoms with van der Waals surface area (Å²) in [6.45, 7) is 1.72. The van der Waals surface area contributed by atoms with Crippen LogP contribution in [-0.2, 0) is 10.4 Å². The first kappa shape index (κ1) is 14.2. The SMILES string of the molecule is Cc1ccc(C(=O)c2ccccc2)c(OS(=O)(=O)O)c1. The topological polar surface area (TPSA) is 80.7 Å². The van der Waals surface area contributed by atoms with E-state index in [1.54, 1.807) is 43.3 Å². The summed E-state index contributed by atoms with van der Waals surface area (Å²) in [6, 6.07) is 12.9. The second-order valence-electron chi connectivity index (χ2n) is 4.21. The highest BCUT2D eigenvalue weighted by molar-refractivity contribution is 7.81. The molecule has 2 aromatic carbocycles.